The Balaban J connectivity index is 2.75. The summed E-state index contributed by atoms with van der Waals surface area (Å²) in [5.41, 5.74) is 4.73. The Morgan fingerprint density at radius 2 is 1.96 bits per heavy atom. The fraction of sp³-hybridized carbons (Fsp3) is 0.550. The second-order valence-corrected chi connectivity index (χ2v) is 6.20. The summed E-state index contributed by atoms with van der Waals surface area (Å²) in [6.07, 6.45) is 12.4. The van der Waals surface area contributed by atoms with E-state index in [1.807, 2.05) is 20.0 Å². The predicted octanol–water partition coefficient (Wildman–Crippen LogP) is 4.60. The van der Waals surface area contributed by atoms with Gasteiger partial charge in [0, 0.05) is 24.4 Å². The van der Waals surface area contributed by atoms with Gasteiger partial charge in [-0.2, -0.15) is 0 Å². The number of hydrogen-bond donors (Lipinski definition) is 2. The van der Waals surface area contributed by atoms with E-state index in [-0.39, 0.29) is 11.8 Å². The number of hydrogen-bond acceptors (Lipinski definition) is 2. The first-order valence-electron chi connectivity index (χ1n) is 8.73. The minimum Gasteiger partial charge on any atom is -0.388 e. The molecule has 1 fully saturated rings. The van der Waals surface area contributed by atoms with E-state index in [0.717, 1.165) is 17.8 Å². The number of nitrogens with one attached hydrogen (secondary N) is 2. The molecule has 1 unspecified atom stereocenters. The van der Waals surface area contributed by atoms with Gasteiger partial charge in [-0.1, -0.05) is 38.2 Å². The molecule has 1 aliphatic carbocycles. The van der Waals surface area contributed by atoms with Crippen molar-refractivity contribution in [3.63, 3.8) is 0 Å². The molecule has 0 aromatic rings. The van der Waals surface area contributed by atoms with Gasteiger partial charge in [0.15, 0.2) is 0 Å². The summed E-state index contributed by atoms with van der Waals surface area (Å²) in [5, 5.41) is 6.20. The minimum atomic E-state index is -0.0695. The number of rotatable bonds is 8. The molecular formula is C20H32N2O. The van der Waals surface area contributed by atoms with Crippen LogP contribution >= 0.6 is 0 Å². The van der Waals surface area contributed by atoms with Crippen LogP contribution in [0.5, 0.6) is 0 Å². The van der Waals surface area contributed by atoms with Gasteiger partial charge in [0.2, 0.25) is 5.91 Å². The fourth-order valence-corrected chi connectivity index (χ4v) is 2.82. The van der Waals surface area contributed by atoms with Crippen LogP contribution in [-0.4, -0.2) is 13.0 Å². The van der Waals surface area contributed by atoms with Crippen LogP contribution in [0.4, 0.5) is 0 Å². The Kier molecular flexibility index (Phi) is 8.46. The lowest BCUT2D eigenvalue weighted by Crippen LogP contribution is -2.29. The third-order valence-electron chi connectivity index (χ3n) is 4.46. The van der Waals surface area contributed by atoms with E-state index < -0.39 is 0 Å². The van der Waals surface area contributed by atoms with Gasteiger partial charge in [-0.05, 0) is 57.1 Å². The maximum Gasteiger partial charge on any atom is 0.227 e. The van der Waals surface area contributed by atoms with Crippen LogP contribution < -0.4 is 10.6 Å². The van der Waals surface area contributed by atoms with Gasteiger partial charge in [0.05, 0.1) is 0 Å². The molecule has 23 heavy (non-hydrogen) atoms. The van der Waals surface area contributed by atoms with Crippen LogP contribution in [0.2, 0.25) is 0 Å². The van der Waals surface area contributed by atoms with Gasteiger partial charge < -0.3 is 10.6 Å². The summed E-state index contributed by atoms with van der Waals surface area (Å²) in [5.74, 6) is 0.0124. The summed E-state index contributed by atoms with van der Waals surface area (Å²) in [7, 11) is 1.86. The zero-order chi connectivity index (χ0) is 17.2. The molecule has 1 amide bonds. The van der Waals surface area contributed by atoms with Crippen LogP contribution in [0.15, 0.2) is 47.3 Å². The molecule has 0 heterocycles. The van der Waals surface area contributed by atoms with Gasteiger partial charge >= 0.3 is 0 Å². The molecule has 3 heteroatoms. The predicted molar refractivity (Wildman–Crippen MR) is 98.8 cm³/mol. The van der Waals surface area contributed by atoms with Crippen LogP contribution in [-0.2, 0) is 4.79 Å². The highest BCUT2D eigenvalue weighted by Gasteiger charge is 2.17. The average molecular weight is 316 g/mol. The molecule has 0 aromatic carbocycles. The molecule has 1 rings (SSSR count). The number of allylic oxidation sites excluding steroid dienone is 5. The second-order valence-electron chi connectivity index (χ2n) is 6.20. The summed E-state index contributed by atoms with van der Waals surface area (Å²) in [6, 6.07) is 0. The molecule has 128 valence electrons. The quantitative estimate of drug-likeness (QED) is 0.642. The lowest BCUT2D eigenvalue weighted by Gasteiger charge is -2.16. The van der Waals surface area contributed by atoms with Gasteiger partial charge in [-0.25, -0.2) is 0 Å². The lowest BCUT2D eigenvalue weighted by atomic mass is 10.0. The first-order valence-corrected chi connectivity index (χ1v) is 8.73. The molecule has 0 saturated heterocycles. The SMILES string of the molecule is C=C/C(=C\CC(C)C(=O)N/C(=C/CC)C(C)=C1CCCC1)NC. The molecule has 0 spiro atoms. The van der Waals surface area contributed by atoms with Crippen LogP contribution in [0.1, 0.15) is 59.3 Å². The van der Waals surface area contributed by atoms with Crippen molar-refractivity contribution in [3.05, 3.63) is 47.3 Å². The third kappa shape index (κ3) is 6.09. The topological polar surface area (TPSA) is 41.1 Å². The van der Waals surface area contributed by atoms with Gasteiger partial charge in [0.25, 0.3) is 0 Å². The van der Waals surface area contributed by atoms with E-state index in [0.29, 0.717) is 6.42 Å². The molecule has 3 nitrogen and oxygen atoms in total. The summed E-state index contributed by atoms with van der Waals surface area (Å²) >= 11 is 0. The first kappa shape index (κ1) is 19.3. The van der Waals surface area contributed by atoms with E-state index >= 15 is 0 Å². The highest BCUT2D eigenvalue weighted by molar-refractivity contribution is 5.81. The van der Waals surface area contributed by atoms with Crippen molar-refractivity contribution in [2.75, 3.05) is 7.05 Å². The standard InChI is InChI=1S/C20H32N2O/c1-6-10-19(16(4)17-11-8-9-12-17)22-20(23)15(3)13-14-18(7-2)21-5/h7,10,14-15,21H,2,6,8-9,11-13H2,1,3-5H3,(H,22,23)/b18-14+,19-10+. The van der Waals surface area contributed by atoms with E-state index in [9.17, 15) is 4.79 Å². The molecule has 0 aromatic heterocycles. The van der Waals surface area contributed by atoms with E-state index in [2.05, 4.69) is 37.1 Å². The Bertz CT molecular complexity index is 504. The highest BCUT2D eigenvalue weighted by Crippen LogP contribution is 2.29. The highest BCUT2D eigenvalue weighted by atomic mass is 16.1. The van der Waals surface area contributed by atoms with Crippen molar-refractivity contribution in [2.45, 2.75) is 59.3 Å². The van der Waals surface area contributed by atoms with Crippen LogP contribution in [0.25, 0.3) is 0 Å². The largest absolute Gasteiger partial charge is 0.388 e. The van der Waals surface area contributed by atoms with Gasteiger partial charge in [-0.15, -0.1) is 0 Å². The van der Waals surface area contributed by atoms with Crippen molar-refractivity contribution >= 4 is 5.91 Å². The number of amides is 1. The van der Waals surface area contributed by atoms with Crippen molar-refractivity contribution in [1.82, 2.24) is 10.6 Å². The molecular weight excluding hydrogens is 284 g/mol. The summed E-state index contributed by atoms with van der Waals surface area (Å²) < 4.78 is 0. The third-order valence-corrected chi connectivity index (χ3v) is 4.46. The van der Waals surface area contributed by atoms with Crippen LogP contribution in [0, 0.1) is 5.92 Å². The number of likely N-dealkylation sites (N-methyl/N-ethyl adjacent to an activating group) is 1. The second kappa shape index (κ2) is 10.1. The summed E-state index contributed by atoms with van der Waals surface area (Å²) in [6.45, 7) is 9.96. The van der Waals surface area contributed by atoms with Crippen LogP contribution in [0.3, 0.4) is 0 Å². The zero-order valence-electron chi connectivity index (χ0n) is 15.2. The molecule has 2 N–H and O–H groups in total. The zero-order valence-corrected chi connectivity index (χ0v) is 15.2. The minimum absolute atomic E-state index is 0.0695. The van der Waals surface area contributed by atoms with Crippen molar-refractivity contribution in [1.29, 1.82) is 0 Å². The van der Waals surface area contributed by atoms with E-state index in [4.69, 9.17) is 0 Å². The fourth-order valence-electron chi connectivity index (χ4n) is 2.82. The van der Waals surface area contributed by atoms with Crippen molar-refractivity contribution < 1.29 is 4.79 Å². The molecule has 0 aliphatic heterocycles. The first-order chi connectivity index (χ1) is 11.0. The Morgan fingerprint density at radius 1 is 1.30 bits per heavy atom. The smallest absolute Gasteiger partial charge is 0.227 e. The molecule has 1 atom stereocenters. The molecule has 0 radical (unpaired) electrons. The maximum atomic E-state index is 12.5. The Morgan fingerprint density at radius 3 is 2.48 bits per heavy atom. The van der Waals surface area contributed by atoms with Crippen molar-refractivity contribution in [3.8, 4) is 0 Å². The van der Waals surface area contributed by atoms with Gasteiger partial charge in [-0.3, -0.25) is 4.79 Å². The molecule has 1 saturated carbocycles. The average Bonchev–Trinajstić information content (AvgIpc) is 3.08. The Hall–Kier alpha value is -1.77. The normalized spacial score (nSPS) is 17.0. The van der Waals surface area contributed by atoms with Gasteiger partial charge in [0.1, 0.15) is 0 Å². The van der Waals surface area contributed by atoms with E-state index in [1.165, 1.54) is 36.8 Å². The number of carbonyl (C=O) groups is 1. The van der Waals surface area contributed by atoms with E-state index in [1.54, 1.807) is 6.08 Å². The monoisotopic (exact) mass is 316 g/mol. The number of carbonyl (C=O) groups excluding carboxylic acids is 1. The molecule has 1 aliphatic rings. The maximum absolute atomic E-state index is 12.5. The van der Waals surface area contributed by atoms with Crippen molar-refractivity contribution in [2.24, 2.45) is 5.92 Å². The molecule has 0 bridgehead atoms. The Labute approximate surface area is 141 Å². The lowest BCUT2D eigenvalue weighted by molar-refractivity contribution is -0.123. The summed E-state index contributed by atoms with van der Waals surface area (Å²) in [4.78, 5) is 12.5.